The number of carbonyl (C=O) groups excluding carboxylic acids is 1. The molecular formula is C20H21Cl2N5O. The topological polar surface area (TPSA) is 75.4 Å². The molecule has 146 valence electrons. The summed E-state index contributed by atoms with van der Waals surface area (Å²) in [5.74, 6) is 0.840. The fraction of sp³-hybridized carbons (Fsp3) is 0.250. The van der Waals surface area contributed by atoms with Gasteiger partial charge in [0.25, 0.3) is 0 Å². The number of amides is 1. The van der Waals surface area contributed by atoms with Gasteiger partial charge in [0.2, 0.25) is 5.91 Å². The summed E-state index contributed by atoms with van der Waals surface area (Å²) in [6.07, 6.45) is 0. The molecule has 1 amide bonds. The van der Waals surface area contributed by atoms with Gasteiger partial charge in [-0.25, -0.2) is 0 Å². The number of anilines is 1. The van der Waals surface area contributed by atoms with E-state index >= 15 is 0 Å². The van der Waals surface area contributed by atoms with E-state index in [0.717, 1.165) is 27.8 Å². The van der Waals surface area contributed by atoms with E-state index in [1.54, 1.807) is 4.90 Å². The number of fused-ring (bicyclic) bond motifs is 1. The Balaban J connectivity index is 0.00000225. The number of hydrogen-bond acceptors (Lipinski definition) is 5. The molecule has 1 aliphatic rings. The molecular weight excluding hydrogens is 397 g/mol. The summed E-state index contributed by atoms with van der Waals surface area (Å²) in [6.45, 7) is 2.77. The molecule has 1 aliphatic heterocycles. The van der Waals surface area contributed by atoms with Crippen molar-refractivity contribution in [2.75, 3.05) is 37.6 Å². The van der Waals surface area contributed by atoms with Crippen molar-refractivity contribution in [1.82, 2.24) is 15.1 Å². The van der Waals surface area contributed by atoms with Gasteiger partial charge < -0.3 is 15.5 Å². The minimum atomic E-state index is -0.0105. The van der Waals surface area contributed by atoms with Crippen molar-refractivity contribution >= 4 is 46.5 Å². The lowest BCUT2D eigenvalue weighted by Crippen LogP contribution is -2.50. The molecule has 1 fully saturated rings. The van der Waals surface area contributed by atoms with Crippen molar-refractivity contribution in [2.24, 2.45) is 5.73 Å². The zero-order valence-corrected chi connectivity index (χ0v) is 16.8. The number of nitrogens with zero attached hydrogens (tertiary/aromatic N) is 4. The number of aromatic nitrogens is 2. The normalized spacial score (nSPS) is 14.1. The molecule has 0 bridgehead atoms. The Bertz CT molecular complexity index is 972. The van der Waals surface area contributed by atoms with E-state index < -0.39 is 0 Å². The second-order valence-corrected chi connectivity index (χ2v) is 6.93. The van der Waals surface area contributed by atoms with Crippen LogP contribution in [0, 0.1) is 0 Å². The highest BCUT2D eigenvalue weighted by molar-refractivity contribution is 6.30. The molecule has 0 unspecified atom stereocenters. The van der Waals surface area contributed by atoms with Crippen LogP contribution in [0.2, 0.25) is 5.02 Å². The fourth-order valence-electron chi connectivity index (χ4n) is 3.44. The lowest BCUT2D eigenvalue weighted by molar-refractivity contribution is -0.129. The zero-order valence-electron chi connectivity index (χ0n) is 15.2. The number of piperazine rings is 1. The van der Waals surface area contributed by atoms with E-state index in [2.05, 4.69) is 27.2 Å². The summed E-state index contributed by atoms with van der Waals surface area (Å²) < 4.78 is 0. The van der Waals surface area contributed by atoms with Crippen molar-refractivity contribution < 1.29 is 4.79 Å². The van der Waals surface area contributed by atoms with Crippen LogP contribution < -0.4 is 10.6 Å². The molecule has 1 saturated heterocycles. The zero-order chi connectivity index (χ0) is 18.8. The van der Waals surface area contributed by atoms with Gasteiger partial charge in [0.05, 0.1) is 6.54 Å². The highest BCUT2D eigenvalue weighted by atomic mass is 35.5. The van der Waals surface area contributed by atoms with Gasteiger partial charge in [-0.1, -0.05) is 48.0 Å². The molecule has 6 nitrogen and oxygen atoms in total. The van der Waals surface area contributed by atoms with E-state index in [-0.39, 0.29) is 24.9 Å². The Labute approximate surface area is 174 Å². The maximum Gasteiger partial charge on any atom is 0.236 e. The van der Waals surface area contributed by atoms with E-state index in [1.165, 1.54) is 0 Å². The highest BCUT2D eigenvalue weighted by Gasteiger charge is 2.23. The molecule has 4 rings (SSSR count). The van der Waals surface area contributed by atoms with Crippen LogP contribution in [0.4, 0.5) is 5.82 Å². The molecule has 2 aromatic carbocycles. The van der Waals surface area contributed by atoms with Crippen LogP contribution in [0.25, 0.3) is 22.0 Å². The largest absolute Gasteiger partial charge is 0.351 e. The summed E-state index contributed by atoms with van der Waals surface area (Å²) in [5.41, 5.74) is 7.28. The number of nitrogens with two attached hydrogens (primary N) is 1. The third-order valence-corrected chi connectivity index (χ3v) is 5.14. The average Bonchev–Trinajstić information content (AvgIpc) is 2.73. The molecule has 0 saturated carbocycles. The molecule has 28 heavy (non-hydrogen) atoms. The molecule has 2 heterocycles. The highest BCUT2D eigenvalue weighted by Crippen LogP contribution is 2.32. The fourth-order valence-corrected chi connectivity index (χ4v) is 3.57. The van der Waals surface area contributed by atoms with Crippen LogP contribution in [0.15, 0.2) is 48.5 Å². The summed E-state index contributed by atoms with van der Waals surface area (Å²) in [6, 6.07) is 15.8. The van der Waals surface area contributed by atoms with Crippen LogP contribution in [-0.2, 0) is 4.79 Å². The maximum absolute atomic E-state index is 11.8. The van der Waals surface area contributed by atoms with Gasteiger partial charge >= 0.3 is 0 Å². The minimum Gasteiger partial charge on any atom is -0.351 e. The summed E-state index contributed by atoms with van der Waals surface area (Å²) >= 11 is 6.01. The number of carbonyl (C=O) groups is 1. The molecule has 0 radical (unpaired) electrons. The first-order valence-electron chi connectivity index (χ1n) is 8.91. The second kappa shape index (κ2) is 8.73. The van der Waals surface area contributed by atoms with E-state index in [1.807, 2.05) is 36.4 Å². The van der Waals surface area contributed by atoms with Gasteiger partial charge in [0, 0.05) is 47.5 Å². The quantitative estimate of drug-likeness (QED) is 0.708. The standard InChI is InChI=1S/C20H20ClN5O.ClH/c21-15-7-5-14(6-8-15)19-16-3-1-2-4-17(16)20(24-23-19)26-11-9-25(10-12-26)18(27)13-22;/h1-8H,9-13,22H2;1H. The van der Waals surface area contributed by atoms with Crippen LogP contribution in [0.1, 0.15) is 0 Å². The third-order valence-electron chi connectivity index (χ3n) is 4.89. The molecule has 3 aromatic rings. The van der Waals surface area contributed by atoms with E-state index in [4.69, 9.17) is 17.3 Å². The van der Waals surface area contributed by atoms with E-state index in [0.29, 0.717) is 31.2 Å². The van der Waals surface area contributed by atoms with Crippen molar-refractivity contribution in [3.8, 4) is 11.3 Å². The summed E-state index contributed by atoms with van der Waals surface area (Å²) in [7, 11) is 0. The average molecular weight is 418 g/mol. The Morgan fingerprint density at radius 2 is 1.61 bits per heavy atom. The number of benzene rings is 2. The van der Waals surface area contributed by atoms with Crippen LogP contribution in [0.3, 0.4) is 0 Å². The van der Waals surface area contributed by atoms with Crippen LogP contribution in [0.5, 0.6) is 0 Å². The Morgan fingerprint density at radius 3 is 2.25 bits per heavy atom. The first-order chi connectivity index (χ1) is 13.2. The van der Waals surface area contributed by atoms with E-state index in [9.17, 15) is 4.79 Å². The summed E-state index contributed by atoms with van der Waals surface area (Å²) in [5, 5.41) is 11.8. The number of hydrogen-bond donors (Lipinski definition) is 1. The van der Waals surface area contributed by atoms with Crippen molar-refractivity contribution in [3.63, 3.8) is 0 Å². The number of halogens is 2. The van der Waals surface area contributed by atoms with Crippen molar-refractivity contribution in [1.29, 1.82) is 0 Å². The minimum absolute atomic E-state index is 0. The summed E-state index contributed by atoms with van der Waals surface area (Å²) in [4.78, 5) is 15.8. The van der Waals surface area contributed by atoms with Gasteiger partial charge in [-0.3, -0.25) is 4.79 Å². The Hall–Kier alpha value is -2.41. The molecule has 1 aromatic heterocycles. The van der Waals surface area contributed by atoms with Gasteiger partial charge in [-0.2, -0.15) is 0 Å². The Kier molecular flexibility index (Phi) is 6.34. The van der Waals surface area contributed by atoms with Gasteiger partial charge in [0.1, 0.15) is 5.69 Å². The van der Waals surface area contributed by atoms with Crippen molar-refractivity contribution in [2.45, 2.75) is 0 Å². The van der Waals surface area contributed by atoms with Crippen molar-refractivity contribution in [3.05, 3.63) is 53.6 Å². The monoisotopic (exact) mass is 417 g/mol. The first-order valence-corrected chi connectivity index (χ1v) is 9.29. The molecule has 0 aliphatic carbocycles. The SMILES string of the molecule is Cl.NCC(=O)N1CCN(c2nnc(-c3ccc(Cl)cc3)c3ccccc23)CC1. The Morgan fingerprint density at radius 1 is 0.964 bits per heavy atom. The molecule has 0 spiro atoms. The van der Waals surface area contributed by atoms with Gasteiger partial charge in [-0.15, -0.1) is 22.6 Å². The second-order valence-electron chi connectivity index (χ2n) is 6.50. The number of rotatable bonds is 3. The lowest BCUT2D eigenvalue weighted by atomic mass is 10.0. The predicted molar refractivity (Wildman–Crippen MR) is 115 cm³/mol. The lowest BCUT2D eigenvalue weighted by Gasteiger charge is -2.35. The first kappa shape index (κ1) is 20.3. The molecule has 2 N–H and O–H groups in total. The predicted octanol–water partition coefficient (Wildman–Crippen LogP) is 2.98. The molecule has 8 heteroatoms. The van der Waals surface area contributed by atoms with Crippen LogP contribution >= 0.6 is 24.0 Å². The smallest absolute Gasteiger partial charge is 0.236 e. The molecule has 0 atom stereocenters. The van der Waals surface area contributed by atoms with Gasteiger partial charge in [-0.05, 0) is 12.1 Å². The van der Waals surface area contributed by atoms with Crippen LogP contribution in [-0.4, -0.2) is 53.7 Å². The van der Waals surface area contributed by atoms with Gasteiger partial charge in [0.15, 0.2) is 5.82 Å². The third kappa shape index (κ3) is 3.90. The maximum atomic E-state index is 11.8.